The second-order valence-electron chi connectivity index (χ2n) is 4.73. The van der Waals surface area contributed by atoms with Crippen molar-refractivity contribution in [1.29, 1.82) is 0 Å². The van der Waals surface area contributed by atoms with Gasteiger partial charge in [0.15, 0.2) is 0 Å². The van der Waals surface area contributed by atoms with Crippen LogP contribution in [0.5, 0.6) is 0 Å². The number of thiol groups is 1. The van der Waals surface area contributed by atoms with Gasteiger partial charge in [-0.2, -0.15) is 12.6 Å². The quantitative estimate of drug-likeness (QED) is 0.684. The minimum atomic E-state index is 0.515. The minimum Gasteiger partial charge on any atom is -0.377 e. The molecule has 5 heteroatoms. The molecule has 0 spiro atoms. The molecule has 0 unspecified atom stereocenters. The Balaban J connectivity index is 0.000000342. The number of hydrogen-bond acceptors (Lipinski definition) is 4. The van der Waals surface area contributed by atoms with Crippen molar-refractivity contribution in [2.24, 2.45) is 0 Å². The smallest absolute Gasteiger partial charge is 0.209 e. The number of benzene rings is 1. The number of hydrogen-bond donors (Lipinski definition) is 1. The summed E-state index contributed by atoms with van der Waals surface area (Å²) in [6, 6.07) is 10.2. The summed E-state index contributed by atoms with van der Waals surface area (Å²) in [5.41, 5.74) is 1.24. The number of aldehydes is 1. The Morgan fingerprint density at radius 1 is 1.23 bits per heavy atom. The number of carbonyl (C=O) groups is 2. The Morgan fingerprint density at radius 3 is 2.23 bits per heavy atom. The van der Waals surface area contributed by atoms with Gasteiger partial charge in [-0.25, -0.2) is 0 Å². The fraction of sp³-hybridized carbons (Fsp3) is 0.529. The molecule has 0 N–H and O–H groups in total. The summed E-state index contributed by atoms with van der Waals surface area (Å²) in [4.78, 5) is 20.8. The van der Waals surface area contributed by atoms with Gasteiger partial charge in [-0.3, -0.25) is 4.79 Å². The number of rotatable bonds is 4. The van der Waals surface area contributed by atoms with Gasteiger partial charge in [0.1, 0.15) is 6.29 Å². The van der Waals surface area contributed by atoms with Crippen molar-refractivity contribution < 1.29 is 14.3 Å². The Kier molecular flexibility index (Phi) is 13.7. The van der Waals surface area contributed by atoms with Crippen LogP contribution in [0.25, 0.3) is 0 Å². The van der Waals surface area contributed by atoms with Crippen molar-refractivity contribution in [3.8, 4) is 0 Å². The van der Waals surface area contributed by atoms with Gasteiger partial charge in [-0.15, -0.1) is 0 Å². The van der Waals surface area contributed by atoms with Crippen LogP contribution in [-0.2, 0) is 20.9 Å². The fourth-order valence-corrected chi connectivity index (χ4v) is 2.02. The summed E-state index contributed by atoms with van der Waals surface area (Å²) in [5, 5.41) is 0.515. The molecule has 1 fully saturated rings. The lowest BCUT2D eigenvalue weighted by molar-refractivity contribution is -0.118. The number of carbonyl (C=O) groups excluding carboxylic acids is 2. The van der Waals surface area contributed by atoms with Crippen molar-refractivity contribution in [3.63, 3.8) is 0 Å². The molecule has 2 rings (SSSR count). The first-order chi connectivity index (χ1) is 10.7. The average molecular weight is 325 g/mol. The molecule has 1 aromatic rings. The molecule has 1 aromatic carbocycles. The highest BCUT2D eigenvalue weighted by Crippen LogP contribution is 2.13. The van der Waals surface area contributed by atoms with Crippen molar-refractivity contribution in [1.82, 2.24) is 4.90 Å². The molecule has 22 heavy (non-hydrogen) atoms. The summed E-state index contributed by atoms with van der Waals surface area (Å²) < 4.78 is 5.22. The molecule has 0 aliphatic carbocycles. The average Bonchev–Trinajstić information content (AvgIpc) is 2.56. The van der Waals surface area contributed by atoms with E-state index in [1.54, 1.807) is 4.90 Å². The summed E-state index contributed by atoms with van der Waals surface area (Å²) in [5.74, 6) is 0. The predicted molar refractivity (Wildman–Crippen MR) is 93.2 cm³/mol. The number of amides is 1. The summed E-state index contributed by atoms with van der Waals surface area (Å²) in [7, 11) is 0. The van der Waals surface area contributed by atoms with Crippen LogP contribution in [-0.4, -0.2) is 42.5 Å². The lowest BCUT2D eigenvalue weighted by Crippen LogP contribution is -2.32. The largest absolute Gasteiger partial charge is 0.377 e. The van der Waals surface area contributed by atoms with Gasteiger partial charge < -0.3 is 14.4 Å². The highest BCUT2D eigenvalue weighted by molar-refractivity contribution is 7.80. The van der Waals surface area contributed by atoms with E-state index in [1.165, 1.54) is 12.5 Å². The standard InChI is InChI=1S/C9H12O.C6H11NOS.C2H4O/c1-2-10-8-9-6-4-3-5-7-9;8-5-7-3-1-6(9)2-4-7;1-2-3/h3-7H,2,8H2,1H3;5-6,9H,1-4H2;2H,1H3. The molecular formula is C17H27NO3S. The monoisotopic (exact) mass is 325 g/mol. The Hall–Kier alpha value is -1.33. The van der Waals surface area contributed by atoms with E-state index in [-0.39, 0.29) is 0 Å². The molecule has 124 valence electrons. The summed E-state index contributed by atoms with van der Waals surface area (Å²) >= 11 is 4.30. The van der Waals surface area contributed by atoms with E-state index < -0.39 is 0 Å². The van der Waals surface area contributed by atoms with Gasteiger partial charge in [0.05, 0.1) is 6.61 Å². The van der Waals surface area contributed by atoms with Crippen LogP contribution in [0.2, 0.25) is 0 Å². The SMILES string of the molecule is CC=O.CCOCc1ccccc1.O=CN1CCC(S)CC1. The van der Waals surface area contributed by atoms with E-state index in [2.05, 4.69) is 24.8 Å². The van der Waals surface area contributed by atoms with Gasteiger partial charge in [0.2, 0.25) is 6.41 Å². The van der Waals surface area contributed by atoms with Crippen molar-refractivity contribution in [3.05, 3.63) is 35.9 Å². The maximum Gasteiger partial charge on any atom is 0.209 e. The molecule has 0 radical (unpaired) electrons. The van der Waals surface area contributed by atoms with Crippen LogP contribution in [0.4, 0.5) is 0 Å². The zero-order valence-corrected chi connectivity index (χ0v) is 14.4. The van der Waals surface area contributed by atoms with E-state index in [0.29, 0.717) is 5.25 Å². The Bertz CT molecular complexity index is 379. The molecule has 0 atom stereocenters. The molecule has 0 aromatic heterocycles. The molecular weight excluding hydrogens is 298 g/mol. The number of piperidine rings is 1. The first kappa shape index (κ1) is 20.7. The third-order valence-corrected chi connectivity index (χ3v) is 3.48. The zero-order valence-electron chi connectivity index (χ0n) is 13.5. The van der Waals surface area contributed by atoms with E-state index in [9.17, 15) is 4.79 Å². The van der Waals surface area contributed by atoms with Crippen LogP contribution >= 0.6 is 12.6 Å². The highest BCUT2D eigenvalue weighted by atomic mass is 32.1. The zero-order chi connectivity index (χ0) is 16.6. The van der Waals surface area contributed by atoms with Crippen LogP contribution < -0.4 is 0 Å². The lowest BCUT2D eigenvalue weighted by Gasteiger charge is -2.25. The number of likely N-dealkylation sites (tertiary alicyclic amines) is 1. The first-order valence-electron chi connectivity index (χ1n) is 7.56. The number of nitrogens with zero attached hydrogens (tertiary/aromatic N) is 1. The number of ether oxygens (including phenoxy) is 1. The third-order valence-electron chi connectivity index (χ3n) is 2.96. The predicted octanol–water partition coefficient (Wildman–Crippen LogP) is 2.97. The van der Waals surface area contributed by atoms with Crippen molar-refractivity contribution in [2.75, 3.05) is 19.7 Å². The van der Waals surface area contributed by atoms with Crippen LogP contribution in [0.15, 0.2) is 30.3 Å². The van der Waals surface area contributed by atoms with E-state index in [4.69, 9.17) is 9.53 Å². The van der Waals surface area contributed by atoms with Crippen LogP contribution in [0.1, 0.15) is 32.3 Å². The van der Waals surface area contributed by atoms with Crippen LogP contribution in [0, 0.1) is 0 Å². The van der Waals surface area contributed by atoms with Crippen molar-refractivity contribution in [2.45, 2.75) is 38.5 Å². The maximum absolute atomic E-state index is 10.2. The molecule has 1 saturated heterocycles. The second-order valence-corrected chi connectivity index (χ2v) is 5.46. The van der Waals surface area contributed by atoms with Gasteiger partial charge in [0, 0.05) is 24.9 Å². The maximum atomic E-state index is 10.2. The van der Waals surface area contributed by atoms with Gasteiger partial charge in [0.25, 0.3) is 0 Å². The molecule has 0 bridgehead atoms. The fourth-order valence-electron chi connectivity index (χ4n) is 1.79. The normalized spacial score (nSPS) is 14.0. The molecule has 1 heterocycles. The molecule has 1 amide bonds. The molecule has 1 aliphatic heterocycles. The summed E-state index contributed by atoms with van der Waals surface area (Å²) in [6.45, 7) is 6.74. The van der Waals surface area contributed by atoms with Gasteiger partial charge in [-0.1, -0.05) is 30.3 Å². The lowest BCUT2D eigenvalue weighted by atomic mass is 10.1. The molecule has 0 saturated carbocycles. The van der Waals surface area contributed by atoms with Gasteiger partial charge >= 0.3 is 0 Å². The minimum absolute atomic E-state index is 0.515. The topological polar surface area (TPSA) is 46.6 Å². The Morgan fingerprint density at radius 2 is 1.77 bits per heavy atom. The first-order valence-corrected chi connectivity index (χ1v) is 8.08. The highest BCUT2D eigenvalue weighted by Gasteiger charge is 2.13. The molecule has 4 nitrogen and oxygen atoms in total. The van der Waals surface area contributed by atoms with E-state index >= 15 is 0 Å². The van der Waals surface area contributed by atoms with E-state index in [0.717, 1.165) is 51.8 Å². The molecule has 1 aliphatic rings. The third kappa shape index (κ3) is 11.3. The Labute approximate surface area is 139 Å². The second kappa shape index (κ2) is 14.6. The summed E-state index contributed by atoms with van der Waals surface area (Å²) in [6.07, 6.45) is 3.75. The van der Waals surface area contributed by atoms with Crippen molar-refractivity contribution >= 4 is 25.3 Å². The van der Waals surface area contributed by atoms with Crippen LogP contribution in [0.3, 0.4) is 0 Å². The van der Waals surface area contributed by atoms with E-state index in [1.807, 2.05) is 25.1 Å². The van der Waals surface area contributed by atoms with Gasteiger partial charge in [-0.05, 0) is 32.3 Å².